The van der Waals surface area contributed by atoms with E-state index in [9.17, 15) is 10.1 Å². The van der Waals surface area contributed by atoms with Crippen LogP contribution in [0.15, 0.2) is 88.8 Å². The third kappa shape index (κ3) is 6.18. The third-order valence-corrected chi connectivity index (χ3v) is 7.30. The number of nitrogens with zero attached hydrogens (tertiary/aromatic N) is 4. The van der Waals surface area contributed by atoms with E-state index in [0.29, 0.717) is 46.0 Å². The molecule has 0 fully saturated rings. The normalized spacial score (nSPS) is 11.2. The van der Waals surface area contributed by atoms with E-state index in [1.807, 2.05) is 68.4 Å². The first kappa shape index (κ1) is 30.1. The molecule has 0 aliphatic rings. The monoisotopic (exact) mass is 586 g/mol. The highest BCUT2D eigenvalue weighted by Gasteiger charge is 2.19. The Balaban J connectivity index is 1.55. The first-order valence-electron chi connectivity index (χ1n) is 14.5. The molecule has 0 saturated heterocycles. The van der Waals surface area contributed by atoms with Crippen LogP contribution in [0.5, 0.6) is 17.2 Å². The fraction of sp³-hybridized carbons (Fsp3) is 0.222. The van der Waals surface area contributed by atoms with Crippen molar-refractivity contribution >= 4 is 17.1 Å². The molecule has 4 aromatic carbocycles. The molecule has 0 bridgehead atoms. The van der Waals surface area contributed by atoms with Gasteiger partial charge in [-0.2, -0.15) is 15.0 Å². The van der Waals surface area contributed by atoms with Crippen LogP contribution >= 0.6 is 0 Å². The van der Waals surface area contributed by atoms with Gasteiger partial charge in [-0.1, -0.05) is 44.2 Å². The van der Waals surface area contributed by atoms with Gasteiger partial charge in [0, 0.05) is 11.1 Å². The van der Waals surface area contributed by atoms with Crippen molar-refractivity contribution in [3.8, 4) is 34.7 Å². The molecule has 222 valence electrons. The highest BCUT2D eigenvalue weighted by molar-refractivity contribution is 5.83. The minimum atomic E-state index is -0.274. The summed E-state index contributed by atoms with van der Waals surface area (Å²) in [6, 6.07) is 26.2. The predicted octanol–water partition coefficient (Wildman–Crippen LogP) is 7.24. The van der Waals surface area contributed by atoms with E-state index in [1.165, 1.54) is 4.68 Å². The zero-order chi connectivity index (χ0) is 31.2. The zero-order valence-corrected chi connectivity index (χ0v) is 25.5. The fourth-order valence-corrected chi connectivity index (χ4v) is 4.99. The van der Waals surface area contributed by atoms with E-state index in [0.717, 1.165) is 28.0 Å². The molecule has 0 amide bonds. The molecule has 0 saturated carbocycles. The lowest BCUT2D eigenvalue weighted by atomic mass is 9.96. The average molecular weight is 587 g/mol. The van der Waals surface area contributed by atoms with Crippen molar-refractivity contribution in [2.24, 2.45) is 5.10 Å². The highest BCUT2D eigenvalue weighted by Crippen LogP contribution is 2.34. The SMILES string of the molecule is CCOc1cc(C)c(-c2nc3ccccc3c(=O)n2N=Cc2ccc(OCc3ccccc3C#N)c(OC)c2)cc1C(C)C. The summed E-state index contributed by atoms with van der Waals surface area (Å²) in [5.74, 6) is 2.48. The maximum absolute atomic E-state index is 13.8. The first-order chi connectivity index (χ1) is 21.3. The van der Waals surface area contributed by atoms with Crippen molar-refractivity contribution in [2.45, 2.75) is 40.2 Å². The Bertz CT molecular complexity index is 1950. The largest absolute Gasteiger partial charge is 0.494 e. The Morgan fingerprint density at radius 2 is 1.75 bits per heavy atom. The zero-order valence-electron chi connectivity index (χ0n) is 25.5. The molecule has 0 unspecified atom stereocenters. The van der Waals surface area contributed by atoms with Gasteiger partial charge >= 0.3 is 0 Å². The van der Waals surface area contributed by atoms with Crippen LogP contribution in [0.3, 0.4) is 0 Å². The van der Waals surface area contributed by atoms with Crippen molar-refractivity contribution in [3.05, 3.63) is 117 Å². The maximum atomic E-state index is 13.8. The van der Waals surface area contributed by atoms with Crippen LogP contribution in [0.25, 0.3) is 22.3 Å². The van der Waals surface area contributed by atoms with Gasteiger partial charge in [0.05, 0.1) is 42.5 Å². The number of benzene rings is 4. The van der Waals surface area contributed by atoms with Crippen molar-refractivity contribution in [3.63, 3.8) is 0 Å². The summed E-state index contributed by atoms with van der Waals surface area (Å²) < 4.78 is 18.9. The molecule has 44 heavy (non-hydrogen) atoms. The Morgan fingerprint density at radius 3 is 2.50 bits per heavy atom. The van der Waals surface area contributed by atoms with Crippen molar-refractivity contribution in [2.75, 3.05) is 13.7 Å². The number of hydrogen-bond donors (Lipinski definition) is 0. The second kappa shape index (κ2) is 13.3. The number of aryl methyl sites for hydroxylation is 1. The van der Waals surface area contributed by atoms with E-state index in [2.05, 4.69) is 25.0 Å². The Morgan fingerprint density at radius 1 is 0.977 bits per heavy atom. The lowest BCUT2D eigenvalue weighted by molar-refractivity contribution is 0.284. The molecule has 8 heteroatoms. The van der Waals surface area contributed by atoms with Gasteiger partial charge in [-0.3, -0.25) is 4.79 Å². The number of rotatable bonds is 10. The second-order valence-corrected chi connectivity index (χ2v) is 10.6. The van der Waals surface area contributed by atoms with Gasteiger partial charge in [0.25, 0.3) is 5.56 Å². The number of aromatic nitrogens is 2. The van der Waals surface area contributed by atoms with E-state index in [-0.39, 0.29) is 18.1 Å². The standard InChI is InChI=1S/C36H34N4O4/c1-6-43-33-17-24(4)30(19-29(33)23(2)3)35-39-31-14-10-9-13-28(31)36(41)40(35)38-21-25-15-16-32(34(18-25)42-5)44-22-27-12-8-7-11-26(27)20-37/h7-19,21,23H,6,22H2,1-5H3. The summed E-state index contributed by atoms with van der Waals surface area (Å²) in [5.41, 5.74) is 5.12. The van der Waals surface area contributed by atoms with E-state index in [1.54, 1.807) is 37.6 Å². The number of methoxy groups -OCH3 is 1. The van der Waals surface area contributed by atoms with Crippen LogP contribution in [0.1, 0.15) is 54.5 Å². The minimum absolute atomic E-state index is 0.196. The van der Waals surface area contributed by atoms with Gasteiger partial charge in [-0.25, -0.2) is 4.98 Å². The van der Waals surface area contributed by atoms with Crippen LogP contribution in [0.4, 0.5) is 0 Å². The number of para-hydroxylation sites is 1. The van der Waals surface area contributed by atoms with Crippen LogP contribution in [0.2, 0.25) is 0 Å². The Hall–Kier alpha value is -5.42. The molecule has 1 aromatic heterocycles. The van der Waals surface area contributed by atoms with Crippen LogP contribution in [0, 0.1) is 18.3 Å². The molecule has 0 spiro atoms. The number of nitriles is 1. The lowest BCUT2D eigenvalue weighted by Crippen LogP contribution is -2.21. The first-order valence-corrected chi connectivity index (χ1v) is 14.5. The Labute approximate surface area is 256 Å². The molecule has 1 heterocycles. The van der Waals surface area contributed by atoms with Gasteiger partial charge in [0.15, 0.2) is 17.3 Å². The van der Waals surface area contributed by atoms with E-state index in [4.69, 9.17) is 19.2 Å². The number of fused-ring (bicyclic) bond motifs is 1. The fourth-order valence-electron chi connectivity index (χ4n) is 4.99. The molecule has 0 atom stereocenters. The predicted molar refractivity (Wildman–Crippen MR) is 173 cm³/mol. The quantitative estimate of drug-likeness (QED) is 0.160. The molecule has 5 rings (SSSR count). The van der Waals surface area contributed by atoms with Crippen LogP contribution < -0.4 is 19.8 Å². The van der Waals surface area contributed by atoms with Gasteiger partial charge in [0.2, 0.25) is 0 Å². The summed E-state index contributed by atoms with van der Waals surface area (Å²) in [6.07, 6.45) is 1.60. The van der Waals surface area contributed by atoms with E-state index < -0.39 is 0 Å². The molecule has 8 nitrogen and oxygen atoms in total. The van der Waals surface area contributed by atoms with Crippen LogP contribution in [-0.2, 0) is 6.61 Å². The molecule has 0 aliphatic carbocycles. The summed E-state index contributed by atoms with van der Waals surface area (Å²) in [5, 5.41) is 14.5. The second-order valence-electron chi connectivity index (χ2n) is 10.6. The van der Waals surface area contributed by atoms with Gasteiger partial charge < -0.3 is 14.2 Å². The smallest absolute Gasteiger partial charge is 0.282 e. The average Bonchev–Trinajstić information content (AvgIpc) is 3.03. The molecule has 0 aliphatic heterocycles. The summed E-state index contributed by atoms with van der Waals surface area (Å²) in [7, 11) is 1.56. The molecular weight excluding hydrogens is 552 g/mol. The highest BCUT2D eigenvalue weighted by atomic mass is 16.5. The molecular formula is C36H34N4O4. The van der Waals surface area contributed by atoms with Gasteiger partial charge in [-0.15, -0.1) is 0 Å². The third-order valence-electron chi connectivity index (χ3n) is 7.30. The minimum Gasteiger partial charge on any atom is -0.494 e. The van der Waals surface area contributed by atoms with Crippen LogP contribution in [-0.4, -0.2) is 29.6 Å². The lowest BCUT2D eigenvalue weighted by Gasteiger charge is -2.18. The molecule has 5 aromatic rings. The Kier molecular flexibility index (Phi) is 9.06. The maximum Gasteiger partial charge on any atom is 0.282 e. The molecule has 0 N–H and O–H groups in total. The topological polar surface area (TPSA) is 98.7 Å². The summed E-state index contributed by atoms with van der Waals surface area (Å²) >= 11 is 0. The van der Waals surface area contributed by atoms with Crippen molar-refractivity contribution in [1.29, 1.82) is 5.26 Å². The summed E-state index contributed by atoms with van der Waals surface area (Å²) in [4.78, 5) is 18.7. The van der Waals surface area contributed by atoms with E-state index >= 15 is 0 Å². The molecule has 0 radical (unpaired) electrons. The van der Waals surface area contributed by atoms with Crippen molar-refractivity contribution < 1.29 is 14.2 Å². The number of ether oxygens (including phenoxy) is 3. The number of hydrogen-bond acceptors (Lipinski definition) is 7. The summed E-state index contributed by atoms with van der Waals surface area (Å²) in [6.45, 7) is 8.94. The van der Waals surface area contributed by atoms with Crippen molar-refractivity contribution in [1.82, 2.24) is 9.66 Å². The van der Waals surface area contributed by atoms with Gasteiger partial charge in [0.1, 0.15) is 12.4 Å². The van der Waals surface area contributed by atoms with Gasteiger partial charge in [-0.05, 0) is 85.0 Å².